The lowest BCUT2D eigenvalue weighted by Crippen LogP contribution is -2.19. The van der Waals surface area contributed by atoms with Gasteiger partial charge in [-0.05, 0) is 29.8 Å². The number of carboxylic acid groups (broad SMARTS) is 1. The van der Waals surface area contributed by atoms with Crippen LogP contribution in [0, 0.1) is 0 Å². The number of benzene rings is 2. The summed E-state index contributed by atoms with van der Waals surface area (Å²) in [6, 6.07) is 16.8. The molecule has 0 aliphatic heterocycles. The molecule has 0 unspecified atom stereocenters. The summed E-state index contributed by atoms with van der Waals surface area (Å²) in [5.41, 5.74) is 0.887. The first-order chi connectivity index (χ1) is 8.74. The van der Waals surface area contributed by atoms with Gasteiger partial charge in [-0.25, -0.2) is 4.79 Å². The van der Waals surface area contributed by atoms with Crippen molar-refractivity contribution in [3.8, 4) is 11.5 Å². The summed E-state index contributed by atoms with van der Waals surface area (Å²) in [7, 11) is 0. The van der Waals surface area contributed by atoms with Crippen molar-refractivity contribution >= 4 is 6.09 Å². The van der Waals surface area contributed by atoms with Gasteiger partial charge in [-0.3, -0.25) is 0 Å². The van der Waals surface area contributed by atoms with Crippen LogP contribution >= 0.6 is 0 Å². The van der Waals surface area contributed by atoms with E-state index < -0.39 is 6.09 Å². The molecule has 0 heterocycles. The molecule has 0 saturated carbocycles. The van der Waals surface area contributed by atoms with Crippen molar-refractivity contribution in [1.82, 2.24) is 5.32 Å². The van der Waals surface area contributed by atoms with E-state index >= 15 is 0 Å². The van der Waals surface area contributed by atoms with Gasteiger partial charge in [0.05, 0.1) is 0 Å². The standard InChI is InChI=1S/C14H13NO3/c16-14(17)15-10-11-6-8-13(9-7-11)18-12-4-2-1-3-5-12/h1-9,15H,10H2,(H,16,17). The second kappa shape index (κ2) is 5.72. The monoisotopic (exact) mass is 243 g/mol. The third-order valence-electron chi connectivity index (χ3n) is 2.35. The molecule has 2 N–H and O–H groups in total. The topological polar surface area (TPSA) is 58.6 Å². The second-order valence-corrected chi connectivity index (χ2v) is 3.72. The first kappa shape index (κ1) is 12.0. The van der Waals surface area contributed by atoms with Crippen LogP contribution in [0.3, 0.4) is 0 Å². The number of amides is 1. The van der Waals surface area contributed by atoms with Gasteiger partial charge in [0.2, 0.25) is 0 Å². The molecule has 0 aliphatic rings. The van der Waals surface area contributed by atoms with Crippen LogP contribution in [-0.4, -0.2) is 11.2 Å². The Hall–Kier alpha value is -2.49. The Morgan fingerprint density at radius 2 is 1.61 bits per heavy atom. The fraction of sp³-hybridized carbons (Fsp3) is 0.0714. The molecule has 0 radical (unpaired) electrons. The maximum Gasteiger partial charge on any atom is 0.404 e. The number of ether oxygens (including phenoxy) is 1. The van der Waals surface area contributed by atoms with Crippen LogP contribution in [0.1, 0.15) is 5.56 Å². The van der Waals surface area contributed by atoms with E-state index in [2.05, 4.69) is 5.32 Å². The van der Waals surface area contributed by atoms with E-state index in [0.717, 1.165) is 17.1 Å². The zero-order valence-corrected chi connectivity index (χ0v) is 9.67. The van der Waals surface area contributed by atoms with E-state index in [-0.39, 0.29) is 0 Å². The van der Waals surface area contributed by atoms with Gasteiger partial charge in [-0.2, -0.15) is 0 Å². The lowest BCUT2D eigenvalue weighted by Gasteiger charge is -2.06. The molecule has 0 spiro atoms. The van der Waals surface area contributed by atoms with Gasteiger partial charge in [0, 0.05) is 6.54 Å². The predicted molar refractivity (Wildman–Crippen MR) is 67.8 cm³/mol. The van der Waals surface area contributed by atoms with Crippen molar-refractivity contribution in [2.75, 3.05) is 0 Å². The first-order valence-electron chi connectivity index (χ1n) is 5.53. The number of rotatable bonds is 4. The molecule has 2 aromatic rings. The summed E-state index contributed by atoms with van der Waals surface area (Å²) in [5.74, 6) is 1.49. The van der Waals surface area contributed by atoms with E-state index in [0.29, 0.717) is 6.54 Å². The van der Waals surface area contributed by atoms with E-state index in [1.165, 1.54) is 0 Å². The minimum Gasteiger partial charge on any atom is -0.465 e. The maximum atomic E-state index is 10.3. The van der Waals surface area contributed by atoms with Gasteiger partial charge >= 0.3 is 6.09 Å². The Kier molecular flexibility index (Phi) is 3.81. The maximum absolute atomic E-state index is 10.3. The highest BCUT2D eigenvalue weighted by atomic mass is 16.5. The summed E-state index contributed by atoms with van der Waals surface area (Å²) >= 11 is 0. The van der Waals surface area contributed by atoms with Crippen LogP contribution in [0.2, 0.25) is 0 Å². The van der Waals surface area contributed by atoms with Gasteiger partial charge in [-0.15, -0.1) is 0 Å². The molecule has 0 fully saturated rings. The van der Waals surface area contributed by atoms with E-state index in [1.54, 1.807) is 0 Å². The third-order valence-corrected chi connectivity index (χ3v) is 2.35. The number of hydrogen-bond donors (Lipinski definition) is 2. The number of hydrogen-bond acceptors (Lipinski definition) is 2. The van der Waals surface area contributed by atoms with Gasteiger partial charge in [0.25, 0.3) is 0 Å². The van der Waals surface area contributed by atoms with Gasteiger partial charge in [0.15, 0.2) is 0 Å². The molecule has 0 saturated heterocycles. The van der Waals surface area contributed by atoms with Crippen molar-refractivity contribution in [3.05, 3.63) is 60.2 Å². The third kappa shape index (κ3) is 3.52. The molecule has 0 bridgehead atoms. The Morgan fingerprint density at radius 3 is 2.22 bits per heavy atom. The average Bonchev–Trinajstić information content (AvgIpc) is 2.39. The van der Waals surface area contributed by atoms with Crippen LogP contribution in [0.15, 0.2) is 54.6 Å². The second-order valence-electron chi connectivity index (χ2n) is 3.72. The SMILES string of the molecule is O=C(O)NCc1ccc(Oc2ccccc2)cc1. The fourth-order valence-corrected chi connectivity index (χ4v) is 1.48. The van der Waals surface area contributed by atoms with Crippen LogP contribution in [-0.2, 0) is 6.54 Å². The predicted octanol–water partition coefficient (Wildman–Crippen LogP) is 3.25. The molecule has 2 aromatic carbocycles. The van der Waals surface area contributed by atoms with Crippen LogP contribution in [0.5, 0.6) is 11.5 Å². The molecule has 92 valence electrons. The summed E-state index contributed by atoms with van der Waals surface area (Å²) in [6.45, 7) is 0.293. The molecule has 4 nitrogen and oxygen atoms in total. The molecule has 0 aromatic heterocycles. The van der Waals surface area contributed by atoms with Gasteiger partial charge in [-0.1, -0.05) is 30.3 Å². The zero-order chi connectivity index (χ0) is 12.8. The molecule has 4 heteroatoms. The Labute approximate surface area is 105 Å². The number of nitrogens with one attached hydrogen (secondary N) is 1. The van der Waals surface area contributed by atoms with Gasteiger partial charge < -0.3 is 15.2 Å². The molecule has 1 amide bonds. The normalized spacial score (nSPS) is 9.78. The number of carbonyl (C=O) groups is 1. The summed E-state index contributed by atoms with van der Waals surface area (Å²) in [6.07, 6.45) is -1.03. The lowest BCUT2D eigenvalue weighted by molar-refractivity contribution is 0.194. The minimum absolute atomic E-state index is 0.293. The number of para-hydroxylation sites is 1. The van der Waals surface area contributed by atoms with Crippen molar-refractivity contribution in [2.24, 2.45) is 0 Å². The van der Waals surface area contributed by atoms with Crippen LogP contribution < -0.4 is 10.1 Å². The van der Waals surface area contributed by atoms with Crippen molar-refractivity contribution in [3.63, 3.8) is 0 Å². The average molecular weight is 243 g/mol. The molecule has 0 aliphatic carbocycles. The van der Waals surface area contributed by atoms with E-state index in [4.69, 9.17) is 9.84 Å². The highest BCUT2D eigenvalue weighted by Gasteiger charge is 1.99. The highest BCUT2D eigenvalue weighted by Crippen LogP contribution is 2.20. The van der Waals surface area contributed by atoms with Crippen molar-refractivity contribution < 1.29 is 14.6 Å². The smallest absolute Gasteiger partial charge is 0.404 e. The first-order valence-corrected chi connectivity index (χ1v) is 5.53. The van der Waals surface area contributed by atoms with Crippen molar-refractivity contribution in [1.29, 1.82) is 0 Å². The minimum atomic E-state index is -1.03. The summed E-state index contributed by atoms with van der Waals surface area (Å²) < 4.78 is 5.62. The van der Waals surface area contributed by atoms with E-state index in [9.17, 15) is 4.79 Å². The van der Waals surface area contributed by atoms with Crippen LogP contribution in [0.4, 0.5) is 4.79 Å². The largest absolute Gasteiger partial charge is 0.465 e. The lowest BCUT2D eigenvalue weighted by atomic mass is 10.2. The Bertz CT molecular complexity index is 508. The van der Waals surface area contributed by atoms with E-state index in [1.807, 2.05) is 54.6 Å². The molecule has 2 rings (SSSR count). The fourth-order valence-electron chi connectivity index (χ4n) is 1.48. The zero-order valence-electron chi connectivity index (χ0n) is 9.67. The Balaban J connectivity index is 1.97. The Morgan fingerprint density at radius 1 is 1.00 bits per heavy atom. The van der Waals surface area contributed by atoms with Crippen LogP contribution in [0.25, 0.3) is 0 Å². The quantitative estimate of drug-likeness (QED) is 0.866. The summed E-state index contributed by atoms with van der Waals surface area (Å²) in [5, 5.41) is 10.8. The highest BCUT2D eigenvalue weighted by molar-refractivity contribution is 5.64. The van der Waals surface area contributed by atoms with Gasteiger partial charge in [0.1, 0.15) is 11.5 Å². The van der Waals surface area contributed by atoms with Crippen molar-refractivity contribution in [2.45, 2.75) is 6.54 Å². The molecular weight excluding hydrogens is 230 g/mol. The molecule has 0 atom stereocenters. The molecule has 18 heavy (non-hydrogen) atoms. The summed E-state index contributed by atoms with van der Waals surface area (Å²) in [4.78, 5) is 10.3. The molecular formula is C14H13NO3.